The molecular formula is C22H28N2O5S. The Morgan fingerprint density at radius 3 is 2.20 bits per heavy atom. The van der Waals surface area contributed by atoms with Gasteiger partial charge in [-0.3, -0.25) is 4.79 Å². The van der Waals surface area contributed by atoms with E-state index in [1.165, 1.54) is 0 Å². The number of hydrogen-bond donors (Lipinski definition) is 0. The number of benzene rings is 2. The van der Waals surface area contributed by atoms with Crippen LogP contribution in [0.5, 0.6) is 11.5 Å². The summed E-state index contributed by atoms with van der Waals surface area (Å²) >= 11 is 0. The Balaban J connectivity index is 1.72. The van der Waals surface area contributed by atoms with Crippen molar-refractivity contribution in [2.75, 3.05) is 44.2 Å². The molecule has 2 aromatic rings. The maximum atomic E-state index is 13.0. The van der Waals surface area contributed by atoms with E-state index in [0.29, 0.717) is 24.5 Å². The van der Waals surface area contributed by atoms with Gasteiger partial charge in [-0.1, -0.05) is 12.1 Å². The zero-order valence-electron chi connectivity index (χ0n) is 17.6. The van der Waals surface area contributed by atoms with Gasteiger partial charge in [-0.2, -0.15) is 0 Å². The van der Waals surface area contributed by atoms with E-state index in [0.717, 1.165) is 11.3 Å². The third-order valence-corrected chi connectivity index (χ3v) is 6.95. The lowest BCUT2D eigenvalue weighted by atomic mass is 10.1. The highest BCUT2D eigenvalue weighted by atomic mass is 32.2. The number of anilines is 1. The van der Waals surface area contributed by atoms with E-state index < -0.39 is 9.84 Å². The lowest BCUT2D eigenvalue weighted by Gasteiger charge is -2.28. The van der Waals surface area contributed by atoms with Crippen LogP contribution in [0.25, 0.3) is 0 Å². The molecule has 0 N–H and O–H groups in total. The second-order valence-electron chi connectivity index (χ2n) is 7.60. The molecule has 0 bridgehead atoms. The summed E-state index contributed by atoms with van der Waals surface area (Å²) in [6.07, 6.45) is 0.451. The molecule has 3 rings (SSSR count). The van der Waals surface area contributed by atoms with Crippen LogP contribution in [0.15, 0.2) is 48.5 Å². The molecule has 162 valence electrons. The molecule has 0 unspecified atom stereocenters. The summed E-state index contributed by atoms with van der Waals surface area (Å²) in [6, 6.07) is 14.5. The fourth-order valence-corrected chi connectivity index (χ4v) is 5.17. The highest BCUT2D eigenvalue weighted by molar-refractivity contribution is 7.91. The Kier molecular flexibility index (Phi) is 6.87. The first-order valence-electron chi connectivity index (χ1n) is 9.80. The molecule has 1 aliphatic rings. The Morgan fingerprint density at radius 1 is 1.03 bits per heavy atom. The minimum absolute atomic E-state index is 0.00292. The largest absolute Gasteiger partial charge is 0.497 e. The first-order valence-corrected chi connectivity index (χ1v) is 11.6. The van der Waals surface area contributed by atoms with Crippen LogP contribution in [0.1, 0.15) is 12.0 Å². The van der Waals surface area contributed by atoms with Crippen LogP contribution >= 0.6 is 0 Å². The third kappa shape index (κ3) is 5.66. The third-order valence-electron chi connectivity index (χ3n) is 5.20. The summed E-state index contributed by atoms with van der Waals surface area (Å²) in [5.74, 6) is 1.13. The first-order chi connectivity index (χ1) is 14.3. The molecule has 0 spiro atoms. The molecule has 0 saturated carbocycles. The minimum Gasteiger partial charge on any atom is -0.497 e. The maximum Gasteiger partial charge on any atom is 0.261 e. The summed E-state index contributed by atoms with van der Waals surface area (Å²) in [4.78, 5) is 16.6. The van der Waals surface area contributed by atoms with Crippen LogP contribution in [0.4, 0.5) is 5.69 Å². The van der Waals surface area contributed by atoms with E-state index in [9.17, 15) is 13.2 Å². The van der Waals surface area contributed by atoms with Gasteiger partial charge in [0.25, 0.3) is 5.91 Å². The number of ether oxygens (including phenoxy) is 2. The zero-order chi connectivity index (χ0) is 21.7. The van der Waals surface area contributed by atoms with Crippen molar-refractivity contribution in [1.29, 1.82) is 0 Å². The van der Waals surface area contributed by atoms with Gasteiger partial charge in [-0.15, -0.1) is 0 Å². The van der Waals surface area contributed by atoms with Gasteiger partial charge in [-0.05, 0) is 48.4 Å². The normalized spacial score (nSPS) is 17.4. The van der Waals surface area contributed by atoms with Crippen LogP contribution in [0.2, 0.25) is 0 Å². The monoisotopic (exact) mass is 432 g/mol. The fraction of sp³-hybridized carbons (Fsp3) is 0.409. The predicted molar refractivity (Wildman–Crippen MR) is 117 cm³/mol. The molecule has 0 radical (unpaired) electrons. The van der Waals surface area contributed by atoms with Gasteiger partial charge in [0.2, 0.25) is 0 Å². The highest BCUT2D eigenvalue weighted by Crippen LogP contribution is 2.22. The SMILES string of the molecule is COc1ccc(OCC(=O)N(Cc2ccc(N(C)C)cc2)[C@H]2CCS(=O)(=O)C2)cc1. The lowest BCUT2D eigenvalue weighted by molar-refractivity contribution is -0.136. The van der Waals surface area contributed by atoms with Gasteiger partial charge < -0.3 is 19.3 Å². The summed E-state index contributed by atoms with van der Waals surface area (Å²) in [5.41, 5.74) is 2.01. The standard InChI is InChI=1S/C22H28N2O5S/c1-23(2)18-6-4-17(5-7-18)14-24(19-12-13-30(26,27)16-19)22(25)15-29-21-10-8-20(28-3)9-11-21/h4-11,19H,12-16H2,1-3H3/t19-/m0/s1. The number of carbonyl (C=O) groups is 1. The van der Waals surface area contributed by atoms with Crippen molar-refractivity contribution in [1.82, 2.24) is 4.90 Å². The molecule has 0 aliphatic carbocycles. The van der Waals surface area contributed by atoms with Crippen molar-refractivity contribution in [3.8, 4) is 11.5 Å². The van der Waals surface area contributed by atoms with Gasteiger partial charge in [0.15, 0.2) is 16.4 Å². The average molecular weight is 433 g/mol. The maximum absolute atomic E-state index is 13.0. The number of sulfone groups is 1. The van der Waals surface area contributed by atoms with Gasteiger partial charge in [0.1, 0.15) is 11.5 Å². The van der Waals surface area contributed by atoms with Crippen LogP contribution in [0.3, 0.4) is 0 Å². The molecule has 1 atom stereocenters. The number of nitrogens with zero attached hydrogens (tertiary/aromatic N) is 2. The minimum atomic E-state index is -3.11. The van der Waals surface area contributed by atoms with Crippen LogP contribution < -0.4 is 14.4 Å². The molecular weight excluding hydrogens is 404 g/mol. The predicted octanol–water partition coefficient (Wildman–Crippen LogP) is 2.36. The van der Waals surface area contributed by atoms with E-state index in [1.807, 2.05) is 43.3 Å². The Morgan fingerprint density at radius 2 is 1.67 bits per heavy atom. The number of amides is 1. The number of carbonyl (C=O) groups excluding carboxylic acids is 1. The summed E-state index contributed by atoms with van der Waals surface area (Å²) in [7, 11) is 2.39. The molecule has 1 aliphatic heterocycles. The van der Waals surface area contributed by atoms with Crippen molar-refractivity contribution < 1.29 is 22.7 Å². The molecule has 30 heavy (non-hydrogen) atoms. The second-order valence-corrected chi connectivity index (χ2v) is 9.83. The molecule has 1 fully saturated rings. The van der Waals surface area contributed by atoms with Gasteiger partial charge in [0.05, 0.1) is 18.6 Å². The lowest BCUT2D eigenvalue weighted by Crippen LogP contribution is -2.43. The molecule has 0 aromatic heterocycles. The average Bonchev–Trinajstić information content (AvgIpc) is 3.10. The first kappa shape index (κ1) is 22.0. The van der Waals surface area contributed by atoms with Crippen LogP contribution in [0, 0.1) is 0 Å². The molecule has 2 aromatic carbocycles. The Hall–Kier alpha value is -2.74. The second kappa shape index (κ2) is 9.38. The molecule has 7 nitrogen and oxygen atoms in total. The van der Waals surface area contributed by atoms with Gasteiger partial charge in [0, 0.05) is 32.4 Å². The Labute approximate surface area is 178 Å². The van der Waals surface area contributed by atoms with Crippen molar-refractivity contribution in [3.05, 3.63) is 54.1 Å². The highest BCUT2D eigenvalue weighted by Gasteiger charge is 2.34. The zero-order valence-corrected chi connectivity index (χ0v) is 18.4. The molecule has 1 heterocycles. The number of rotatable bonds is 8. The van der Waals surface area contributed by atoms with Crippen molar-refractivity contribution in [3.63, 3.8) is 0 Å². The smallest absolute Gasteiger partial charge is 0.261 e. The fourth-order valence-electron chi connectivity index (χ4n) is 3.44. The van der Waals surface area contributed by atoms with Crippen molar-refractivity contribution in [2.45, 2.75) is 19.0 Å². The number of methoxy groups -OCH3 is 1. The van der Waals surface area contributed by atoms with Crippen LogP contribution in [-0.2, 0) is 21.2 Å². The molecule has 1 saturated heterocycles. The van der Waals surface area contributed by atoms with E-state index in [1.54, 1.807) is 36.3 Å². The van der Waals surface area contributed by atoms with Crippen molar-refractivity contribution >= 4 is 21.4 Å². The quantitative estimate of drug-likeness (QED) is 0.637. The van der Waals surface area contributed by atoms with E-state index in [-0.39, 0.29) is 30.1 Å². The van der Waals surface area contributed by atoms with E-state index in [4.69, 9.17) is 9.47 Å². The molecule has 1 amide bonds. The number of hydrogen-bond acceptors (Lipinski definition) is 6. The summed E-state index contributed by atoms with van der Waals surface area (Å²) in [5, 5.41) is 0. The van der Waals surface area contributed by atoms with Gasteiger partial charge in [-0.25, -0.2) is 8.42 Å². The topological polar surface area (TPSA) is 76.2 Å². The van der Waals surface area contributed by atoms with E-state index >= 15 is 0 Å². The summed E-state index contributed by atoms with van der Waals surface area (Å²) < 4.78 is 34.8. The van der Waals surface area contributed by atoms with Crippen molar-refractivity contribution in [2.24, 2.45) is 0 Å². The van der Waals surface area contributed by atoms with E-state index in [2.05, 4.69) is 0 Å². The summed E-state index contributed by atoms with van der Waals surface area (Å²) in [6.45, 7) is 0.192. The van der Waals surface area contributed by atoms with Crippen LogP contribution in [-0.4, -0.2) is 64.6 Å². The Bertz CT molecular complexity index is 956. The van der Waals surface area contributed by atoms with Gasteiger partial charge >= 0.3 is 0 Å². The molecule has 8 heteroatoms.